The lowest BCUT2D eigenvalue weighted by molar-refractivity contribution is 0.182. The van der Waals surface area contributed by atoms with Gasteiger partial charge in [0.2, 0.25) is 10.0 Å². The van der Waals surface area contributed by atoms with Crippen molar-refractivity contribution in [3.05, 3.63) is 58.9 Å². The number of nitrogens with one attached hydrogen (secondary N) is 1. The number of benzene rings is 1. The number of sulfonamides is 1. The molecule has 21 heavy (non-hydrogen) atoms. The van der Waals surface area contributed by atoms with E-state index < -0.39 is 16.1 Å². The topological polar surface area (TPSA) is 79.3 Å². The van der Waals surface area contributed by atoms with Crippen LogP contribution in [0.4, 0.5) is 0 Å². The van der Waals surface area contributed by atoms with Crippen molar-refractivity contribution in [2.75, 3.05) is 6.54 Å². The van der Waals surface area contributed by atoms with Crippen LogP contribution in [0, 0.1) is 6.92 Å². The molecule has 1 aromatic heterocycles. The Bertz CT molecular complexity index is 717. The third kappa shape index (κ3) is 4.25. The standard InChI is InChI=1S/C14H15ClN2O3S/c1-10-2-4-11(5-3-10)14(18)9-17-21(19,20)13-6-12(15)7-16-8-13/h2-8,14,17-18H,9H2,1H3/t14-/m0/s1. The van der Waals surface area contributed by atoms with Gasteiger partial charge in [0.1, 0.15) is 4.90 Å². The first-order valence-electron chi connectivity index (χ1n) is 6.23. The maximum atomic E-state index is 12.1. The average molecular weight is 327 g/mol. The summed E-state index contributed by atoms with van der Waals surface area (Å²) in [6.45, 7) is 1.81. The first kappa shape index (κ1) is 15.9. The molecular weight excluding hydrogens is 312 g/mol. The number of halogens is 1. The van der Waals surface area contributed by atoms with E-state index in [1.807, 2.05) is 19.1 Å². The van der Waals surface area contributed by atoms with Crippen LogP contribution in [-0.2, 0) is 10.0 Å². The smallest absolute Gasteiger partial charge is 0.242 e. The third-order valence-corrected chi connectivity index (χ3v) is 4.52. The minimum Gasteiger partial charge on any atom is -0.387 e. The van der Waals surface area contributed by atoms with Crippen LogP contribution in [0.15, 0.2) is 47.6 Å². The SMILES string of the molecule is Cc1ccc([C@@H](O)CNS(=O)(=O)c2cncc(Cl)c2)cc1. The predicted octanol–water partition coefficient (Wildman–Crippen LogP) is 2.06. The third-order valence-electron chi connectivity index (χ3n) is 2.92. The summed E-state index contributed by atoms with van der Waals surface area (Å²) in [5.74, 6) is 0. The Morgan fingerprint density at radius 1 is 1.29 bits per heavy atom. The number of hydrogen-bond acceptors (Lipinski definition) is 4. The molecule has 0 aliphatic rings. The summed E-state index contributed by atoms with van der Waals surface area (Å²) in [5.41, 5.74) is 1.71. The summed E-state index contributed by atoms with van der Waals surface area (Å²) >= 11 is 5.72. The summed E-state index contributed by atoms with van der Waals surface area (Å²) in [6.07, 6.45) is 1.63. The van der Waals surface area contributed by atoms with Crippen LogP contribution in [0.3, 0.4) is 0 Å². The molecule has 1 atom stereocenters. The van der Waals surface area contributed by atoms with Gasteiger partial charge in [0.15, 0.2) is 0 Å². The van der Waals surface area contributed by atoms with Crippen molar-refractivity contribution in [2.24, 2.45) is 0 Å². The number of nitrogens with zero attached hydrogens (tertiary/aromatic N) is 1. The van der Waals surface area contributed by atoms with Gasteiger partial charge < -0.3 is 5.11 Å². The molecule has 5 nitrogen and oxygen atoms in total. The van der Waals surface area contributed by atoms with Gasteiger partial charge >= 0.3 is 0 Å². The number of aromatic nitrogens is 1. The maximum absolute atomic E-state index is 12.1. The molecule has 1 aromatic carbocycles. The average Bonchev–Trinajstić information content (AvgIpc) is 2.45. The number of aryl methyl sites for hydroxylation is 1. The molecule has 0 aliphatic carbocycles. The van der Waals surface area contributed by atoms with Gasteiger partial charge in [-0.3, -0.25) is 4.98 Å². The monoisotopic (exact) mass is 326 g/mol. The zero-order valence-electron chi connectivity index (χ0n) is 11.3. The molecular formula is C14H15ClN2O3S. The molecule has 0 saturated carbocycles. The van der Waals surface area contributed by atoms with Crippen LogP contribution in [0.5, 0.6) is 0 Å². The lowest BCUT2D eigenvalue weighted by Crippen LogP contribution is -2.28. The lowest BCUT2D eigenvalue weighted by atomic mass is 10.1. The second kappa shape index (κ2) is 6.53. The van der Waals surface area contributed by atoms with Crippen LogP contribution in [-0.4, -0.2) is 25.1 Å². The van der Waals surface area contributed by atoms with E-state index in [0.717, 1.165) is 5.56 Å². The Kier molecular flexibility index (Phi) is 4.95. The number of aliphatic hydroxyl groups excluding tert-OH is 1. The molecule has 0 aliphatic heterocycles. The fraction of sp³-hybridized carbons (Fsp3) is 0.214. The molecule has 2 N–H and O–H groups in total. The molecule has 0 unspecified atom stereocenters. The van der Waals surface area contributed by atoms with Gasteiger partial charge in [-0.2, -0.15) is 0 Å². The van der Waals surface area contributed by atoms with E-state index in [4.69, 9.17) is 11.6 Å². The number of pyridine rings is 1. The van der Waals surface area contributed by atoms with Gasteiger partial charge in [-0.15, -0.1) is 0 Å². The molecule has 112 valence electrons. The van der Waals surface area contributed by atoms with Crippen molar-refractivity contribution in [1.29, 1.82) is 0 Å². The lowest BCUT2D eigenvalue weighted by Gasteiger charge is -2.13. The minimum absolute atomic E-state index is 0.0360. The summed E-state index contributed by atoms with van der Waals surface area (Å²) < 4.78 is 26.4. The van der Waals surface area contributed by atoms with Crippen molar-refractivity contribution in [3.63, 3.8) is 0 Å². The van der Waals surface area contributed by atoms with Gasteiger partial charge in [-0.25, -0.2) is 13.1 Å². The van der Waals surface area contributed by atoms with Crippen molar-refractivity contribution in [1.82, 2.24) is 9.71 Å². The number of rotatable bonds is 5. The van der Waals surface area contributed by atoms with Crippen LogP contribution in [0.2, 0.25) is 5.02 Å². The van der Waals surface area contributed by atoms with Crippen molar-refractivity contribution < 1.29 is 13.5 Å². The highest BCUT2D eigenvalue weighted by Gasteiger charge is 2.17. The zero-order chi connectivity index (χ0) is 15.5. The molecule has 0 bridgehead atoms. The van der Waals surface area contributed by atoms with E-state index in [-0.39, 0.29) is 16.5 Å². The Morgan fingerprint density at radius 2 is 1.95 bits per heavy atom. The van der Waals surface area contributed by atoms with E-state index in [2.05, 4.69) is 9.71 Å². The number of aliphatic hydroxyl groups is 1. The summed E-state index contributed by atoms with van der Waals surface area (Å²) in [7, 11) is -3.75. The van der Waals surface area contributed by atoms with Crippen molar-refractivity contribution in [3.8, 4) is 0 Å². The summed E-state index contributed by atoms with van der Waals surface area (Å²) in [6, 6.07) is 8.53. The molecule has 2 rings (SSSR count). The molecule has 1 heterocycles. The molecule has 0 spiro atoms. The Labute approximate surface area is 128 Å². The zero-order valence-corrected chi connectivity index (χ0v) is 12.9. The van der Waals surface area contributed by atoms with E-state index >= 15 is 0 Å². The molecule has 2 aromatic rings. The van der Waals surface area contributed by atoms with E-state index in [1.54, 1.807) is 12.1 Å². The van der Waals surface area contributed by atoms with E-state index in [1.165, 1.54) is 18.5 Å². The van der Waals surface area contributed by atoms with Crippen LogP contribution in [0.1, 0.15) is 17.2 Å². The fourth-order valence-electron chi connectivity index (χ4n) is 1.72. The highest BCUT2D eigenvalue weighted by atomic mass is 35.5. The van der Waals surface area contributed by atoms with Crippen LogP contribution in [0.25, 0.3) is 0 Å². The molecule has 0 radical (unpaired) electrons. The summed E-state index contributed by atoms with van der Waals surface area (Å²) in [5, 5.41) is 10.2. The Balaban J connectivity index is 2.06. The largest absolute Gasteiger partial charge is 0.387 e. The quantitative estimate of drug-likeness (QED) is 0.881. The molecule has 0 saturated heterocycles. The predicted molar refractivity (Wildman–Crippen MR) is 80.6 cm³/mol. The number of hydrogen-bond donors (Lipinski definition) is 2. The fourth-order valence-corrected chi connectivity index (χ4v) is 2.98. The second-order valence-corrected chi connectivity index (χ2v) is 6.82. The molecule has 7 heteroatoms. The highest BCUT2D eigenvalue weighted by molar-refractivity contribution is 7.89. The maximum Gasteiger partial charge on any atom is 0.242 e. The second-order valence-electron chi connectivity index (χ2n) is 4.62. The van der Waals surface area contributed by atoms with Crippen molar-refractivity contribution >= 4 is 21.6 Å². The van der Waals surface area contributed by atoms with Crippen LogP contribution < -0.4 is 4.72 Å². The van der Waals surface area contributed by atoms with Gasteiger partial charge in [0.05, 0.1) is 11.1 Å². The Morgan fingerprint density at radius 3 is 2.57 bits per heavy atom. The first-order chi connectivity index (χ1) is 9.88. The van der Waals surface area contributed by atoms with E-state index in [9.17, 15) is 13.5 Å². The van der Waals surface area contributed by atoms with Gasteiger partial charge in [-0.05, 0) is 18.6 Å². The summed E-state index contributed by atoms with van der Waals surface area (Å²) in [4.78, 5) is 3.70. The normalized spacial score (nSPS) is 13.1. The van der Waals surface area contributed by atoms with Gasteiger partial charge in [0.25, 0.3) is 0 Å². The highest BCUT2D eigenvalue weighted by Crippen LogP contribution is 2.16. The molecule has 0 amide bonds. The van der Waals surface area contributed by atoms with Gasteiger partial charge in [-0.1, -0.05) is 41.4 Å². The van der Waals surface area contributed by atoms with Crippen LogP contribution >= 0.6 is 11.6 Å². The molecule has 0 fully saturated rings. The van der Waals surface area contributed by atoms with Crippen molar-refractivity contribution in [2.45, 2.75) is 17.9 Å². The Hall–Kier alpha value is -1.47. The van der Waals surface area contributed by atoms with E-state index in [0.29, 0.717) is 5.56 Å². The first-order valence-corrected chi connectivity index (χ1v) is 8.09. The van der Waals surface area contributed by atoms with Gasteiger partial charge in [0, 0.05) is 18.9 Å². The minimum atomic E-state index is -3.75.